The molecule has 0 saturated carbocycles. The molecule has 5 nitrogen and oxygen atoms in total. The van der Waals surface area contributed by atoms with Crippen LogP contribution in [0.3, 0.4) is 0 Å². The molecule has 1 N–H and O–H groups in total. The van der Waals surface area contributed by atoms with Gasteiger partial charge in [-0.1, -0.05) is 12.1 Å². The third kappa shape index (κ3) is 2.65. The second kappa shape index (κ2) is 5.39. The Bertz CT molecular complexity index is 610. The molecule has 0 amide bonds. The van der Waals surface area contributed by atoms with Crippen LogP contribution >= 0.6 is 0 Å². The van der Waals surface area contributed by atoms with E-state index in [4.69, 9.17) is 14.6 Å². The van der Waals surface area contributed by atoms with Gasteiger partial charge in [0.25, 0.3) is 0 Å². The molecular formula is C14H13NO4. The quantitative estimate of drug-likeness (QED) is 0.913. The minimum Gasteiger partial charge on any atom is -0.497 e. The number of benzene rings is 1. The van der Waals surface area contributed by atoms with Crippen molar-refractivity contribution in [1.29, 1.82) is 0 Å². The number of pyridine rings is 1. The van der Waals surface area contributed by atoms with Crippen LogP contribution in [0.4, 0.5) is 0 Å². The molecule has 5 heteroatoms. The highest BCUT2D eigenvalue weighted by Gasteiger charge is 2.13. The topological polar surface area (TPSA) is 68.7 Å². The van der Waals surface area contributed by atoms with Crippen LogP contribution in [0, 0.1) is 0 Å². The summed E-state index contributed by atoms with van der Waals surface area (Å²) < 4.78 is 10.4. The Hall–Kier alpha value is -2.56. The summed E-state index contributed by atoms with van der Waals surface area (Å²) in [6, 6.07) is 10.2. The number of hydrogen-bond acceptors (Lipinski definition) is 4. The average molecular weight is 259 g/mol. The lowest BCUT2D eigenvalue weighted by molar-refractivity contribution is 0.0690. The highest BCUT2D eigenvalue weighted by atomic mass is 16.5. The predicted octanol–water partition coefficient (Wildman–Crippen LogP) is 2.46. The molecule has 2 rings (SSSR count). The molecule has 0 saturated heterocycles. The van der Waals surface area contributed by atoms with Crippen LogP contribution in [0.1, 0.15) is 10.5 Å². The Morgan fingerprint density at radius 2 is 1.95 bits per heavy atom. The van der Waals surface area contributed by atoms with Crippen molar-refractivity contribution in [2.24, 2.45) is 0 Å². The highest BCUT2D eigenvalue weighted by Crippen LogP contribution is 2.30. The number of ether oxygens (including phenoxy) is 2. The molecule has 0 aliphatic rings. The van der Waals surface area contributed by atoms with Crippen molar-refractivity contribution in [3.63, 3.8) is 0 Å². The lowest BCUT2D eigenvalue weighted by Crippen LogP contribution is -2.02. The van der Waals surface area contributed by atoms with Crippen molar-refractivity contribution in [3.8, 4) is 22.8 Å². The molecule has 0 bridgehead atoms. The highest BCUT2D eigenvalue weighted by molar-refractivity contribution is 5.86. The Kier molecular flexibility index (Phi) is 3.66. The number of rotatable bonds is 4. The first-order valence-corrected chi connectivity index (χ1v) is 5.58. The molecule has 98 valence electrons. The van der Waals surface area contributed by atoms with Gasteiger partial charge in [0.1, 0.15) is 22.9 Å². The number of carbonyl (C=O) groups is 1. The van der Waals surface area contributed by atoms with Crippen LogP contribution in [-0.2, 0) is 0 Å². The van der Waals surface area contributed by atoms with Crippen LogP contribution in [0.5, 0.6) is 11.5 Å². The van der Waals surface area contributed by atoms with Gasteiger partial charge in [-0.05, 0) is 24.3 Å². The van der Waals surface area contributed by atoms with E-state index in [1.165, 1.54) is 13.2 Å². The Labute approximate surface area is 110 Å². The van der Waals surface area contributed by atoms with Gasteiger partial charge in [-0.15, -0.1) is 0 Å². The second-order valence-corrected chi connectivity index (χ2v) is 3.78. The Balaban J connectivity index is 2.57. The van der Waals surface area contributed by atoms with Gasteiger partial charge in [-0.3, -0.25) is 0 Å². The molecule has 0 fully saturated rings. The van der Waals surface area contributed by atoms with Gasteiger partial charge < -0.3 is 14.6 Å². The SMILES string of the molecule is COc1cccc(-c2nc(C(=O)O)ccc2OC)c1. The molecule has 1 aromatic heterocycles. The summed E-state index contributed by atoms with van der Waals surface area (Å²) in [5, 5.41) is 8.99. The van der Waals surface area contributed by atoms with Gasteiger partial charge in [-0.2, -0.15) is 0 Å². The van der Waals surface area contributed by atoms with Gasteiger partial charge in [0.15, 0.2) is 0 Å². The average Bonchev–Trinajstić information content (AvgIpc) is 2.46. The number of aromatic nitrogens is 1. The number of methoxy groups -OCH3 is 2. The standard InChI is InChI=1S/C14H13NO4/c1-18-10-5-3-4-9(8-10)13-12(19-2)7-6-11(15-13)14(16)17/h3-8H,1-2H3,(H,16,17). The first kappa shape index (κ1) is 12.9. The summed E-state index contributed by atoms with van der Waals surface area (Å²) in [6.45, 7) is 0. The first-order valence-electron chi connectivity index (χ1n) is 5.58. The lowest BCUT2D eigenvalue weighted by atomic mass is 10.1. The van der Waals surface area contributed by atoms with Crippen molar-refractivity contribution in [1.82, 2.24) is 4.98 Å². The predicted molar refractivity (Wildman–Crippen MR) is 69.7 cm³/mol. The van der Waals surface area contributed by atoms with Gasteiger partial charge in [0, 0.05) is 5.56 Å². The molecule has 0 aliphatic heterocycles. The van der Waals surface area contributed by atoms with E-state index in [1.54, 1.807) is 25.3 Å². The third-order valence-corrected chi connectivity index (χ3v) is 2.64. The second-order valence-electron chi connectivity index (χ2n) is 3.78. The summed E-state index contributed by atoms with van der Waals surface area (Å²) in [4.78, 5) is 15.1. The number of carboxylic acids is 1. The molecule has 0 radical (unpaired) electrons. The maximum Gasteiger partial charge on any atom is 0.354 e. The largest absolute Gasteiger partial charge is 0.497 e. The van der Waals surface area contributed by atoms with Crippen molar-refractivity contribution in [2.75, 3.05) is 14.2 Å². The van der Waals surface area contributed by atoms with Crippen LogP contribution in [0.2, 0.25) is 0 Å². The lowest BCUT2D eigenvalue weighted by Gasteiger charge is -2.09. The van der Waals surface area contributed by atoms with Gasteiger partial charge in [-0.25, -0.2) is 9.78 Å². The van der Waals surface area contributed by atoms with Crippen molar-refractivity contribution >= 4 is 5.97 Å². The van der Waals surface area contributed by atoms with E-state index >= 15 is 0 Å². The summed E-state index contributed by atoms with van der Waals surface area (Å²) in [6.07, 6.45) is 0. The maximum absolute atomic E-state index is 11.0. The fourth-order valence-corrected chi connectivity index (χ4v) is 1.71. The first-order chi connectivity index (χ1) is 9.15. The zero-order valence-corrected chi connectivity index (χ0v) is 10.6. The zero-order chi connectivity index (χ0) is 13.8. The number of aromatic carboxylic acids is 1. The smallest absolute Gasteiger partial charge is 0.354 e. The van der Waals surface area contributed by atoms with Crippen LogP contribution in [0.25, 0.3) is 11.3 Å². The van der Waals surface area contributed by atoms with E-state index in [0.29, 0.717) is 17.2 Å². The molecule has 0 aliphatic carbocycles. The number of nitrogens with zero attached hydrogens (tertiary/aromatic N) is 1. The Morgan fingerprint density at radius 3 is 2.58 bits per heavy atom. The molecule has 2 aromatic rings. The Morgan fingerprint density at radius 1 is 1.16 bits per heavy atom. The van der Waals surface area contributed by atoms with Crippen molar-refractivity contribution < 1.29 is 19.4 Å². The molecular weight excluding hydrogens is 246 g/mol. The summed E-state index contributed by atoms with van der Waals surface area (Å²) in [7, 11) is 3.08. The summed E-state index contributed by atoms with van der Waals surface area (Å²) >= 11 is 0. The molecule has 1 heterocycles. The monoisotopic (exact) mass is 259 g/mol. The van der Waals surface area contributed by atoms with Crippen molar-refractivity contribution in [3.05, 3.63) is 42.1 Å². The maximum atomic E-state index is 11.0. The summed E-state index contributed by atoms with van der Waals surface area (Å²) in [5.74, 6) is 0.104. The van der Waals surface area contributed by atoms with E-state index in [-0.39, 0.29) is 5.69 Å². The normalized spacial score (nSPS) is 10.0. The fourth-order valence-electron chi connectivity index (χ4n) is 1.71. The number of carboxylic acid groups (broad SMARTS) is 1. The summed E-state index contributed by atoms with van der Waals surface area (Å²) in [5.41, 5.74) is 1.18. The van der Waals surface area contributed by atoms with Crippen LogP contribution in [0.15, 0.2) is 36.4 Å². The third-order valence-electron chi connectivity index (χ3n) is 2.64. The van der Waals surface area contributed by atoms with Crippen molar-refractivity contribution in [2.45, 2.75) is 0 Å². The molecule has 0 spiro atoms. The van der Waals surface area contributed by atoms with E-state index in [2.05, 4.69) is 4.98 Å². The van der Waals surface area contributed by atoms with Gasteiger partial charge >= 0.3 is 5.97 Å². The van der Waals surface area contributed by atoms with Crippen LogP contribution in [-0.4, -0.2) is 30.3 Å². The van der Waals surface area contributed by atoms with E-state index in [9.17, 15) is 4.79 Å². The molecule has 0 unspecified atom stereocenters. The minimum atomic E-state index is -1.08. The number of hydrogen-bond donors (Lipinski definition) is 1. The zero-order valence-electron chi connectivity index (χ0n) is 10.6. The van der Waals surface area contributed by atoms with Crippen LogP contribution < -0.4 is 9.47 Å². The van der Waals surface area contributed by atoms with Gasteiger partial charge in [0.2, 0.25) is 0 Å². The van der Waals surface area contributed by atoms with E-state index < -0.39 is 5.97 Å². The van der Waals surface area contributed by atoms with Gasteiger partial charge in [0.05, 0.1) is 14.2 Å². The van der Waals surface area contributed by atoms with E-state index in [0.717, 1.165) is 5.56 Å². The minimum absolute atomic E-state index is 0.0291. The molecule has 0 atom stereocenters. The molecule has 1 aromatic carbocycles. The fraction of sp³-hybridized carbons (Fsp3) is 0.143. The van der Waals surface area contributed by atoms with E-state index in [1.807, 2.05) is 12.1 Å². The molecule has 19 heavy (non-hydrogen) atoms.